The van der Waals surface area contributed by atoms with Crippen molar-refractivity contribution in [1.82, 2.24) is 9.97 Å². The maximum absolute atomic E-state index is 14.1. The molecule has 178 valence electrons. The number of hydrogen-bond acceptors (Lipinski definition) is 4. The van der Waals surface area contributed by atoms with Gasteiger partial charge >= 0.3 is 5.97 Å². The molecule has 0 saturated heterocycles. The molecule has 0 aliphatic heterocycles. The first-order chi connectivity index (χ1) is 16.8. The van der Waals surface area contributed by atoms with Gasteiger partial charge in [0.25, 0.3) is 6.43 Å². The Morgan fingerprint density at radius 3 is 2.54 bits per heavy atom. The molecule has 5 rings (SSSR count). The second kappa shape index (κ2) is 9.06. The van der Waals surface area contributed by atoms with E-state index < -0.39 is 12.4 Å². The standard InChI is InChI=1S/C28H25F2N3O2/c1-15-12-19(16(2)31-23-7-4-3-6-18(23)28(34)35)20-14-21(26(27(29)30)33-25(20)13-15)24-9-5-8-22(32-24)17-10-11-17/h3-9,12-14,16-17,27,31H,10-11H2,1-2H3,(H,34,35). The van der Waals surface area contributed by atoms with Gasteiger partial charge in [-0.15, -0.1) is 0 Å². The highest BCUT2D eigenvalue weighted by Crippen LogP contribution is 2.41. The first-order valence-electron chi connectivity index (χ1n) is 11.6. The van der Waals surface area contributed by atoms with E-state index in [0.717, 1.165) is 35.0 Å². The van der Waals surface area contributed by atoms with Crippen LogP contribution >= 0.6 is 0 Å². The van der Waals surface area contributed by atoms with Crippen molar-refractivity contribution < 1.29 is 18.7 Å². The number of aryl methyl sites for hydroxylation is 1. The molecular formula is C28H25F2N3O2. The van der Waals surface area contributed by atoms with E-state index in [-0.39, 0.29) is 17.3 Å². The summed E-state index contributed by atoms with van der Waals surface area (Å²) in [5, 5.41) is 13.6. The lowest BCUT2D eigenvalue weighted by Crippen LogP contribution is -2.12. The summed E-state index contributed by atoms with van der Waals surface area (Å²) in [4.78, 5) is 20.7. The van der Waals surface area contributed by atoms with Crippen molar-refractivity contribution >= 4 is 22.6 Å². The molecule has 0 spiro atoms. The van der Waals surface area contributed by atoms with Gasteiger partial charge in [0.05, 0.1) is 16.8 Å². The zero-order valence-corrected chi connectivity index (χ0v) is 19.4. The summed E-state index contributed by atoms with van der Waals surface area (Å²) in [6.07, 6.45) is -0.611. The second-order valence-corrected chi connectivity index (χ2v) is 9.08. The molecule has 1 atom stereocenters. The fraction of sp³-hybridized carbons (Fsp3) is 0.250. The van der Waals surface area contributed by atoms with E-state index in [2.05, 4.69) is 10.3 Å². The molecule has 0 radical (unpaired) electrons. The minimum Gasteiger partial charge on any atom is -0.478 e. The van der Waals surface area contributed by atoms with Crippen LogP contribution in [0.4, 0.5) is 14.5 Å². The zero-order valence-electron chi connectivity index (χ0n) is 19.4. The quantitative estimate of drug-likeness (QED) is 0.295. The maximum Gasteiger partial charge on any atom is 0.337 e. The van der Waals surface area contributed by atoms with Gasteiger partial charge in [-0.2, -0.15) is 0 Å². The van der Waals surface area contributed by atoms with E-state index in [1.807, 2.05) is 32.0 Å². The molecule has 2 aromatic carbocycles. The number of pyridine rings is 2. The number of rotatable bonds is 7. The van der Waals surface area contributed by atoms with Gasteiger partial charge in [0.2, 0.25) is 0 Å². The fourth-order valence-corrected chi connectivity index (χ4v) is 4.51. The Labute approximate surface area is 201 Å². The molecular weight excluding hydrogens is 448 g/mol. The molecule has 0 amide bonds. The largest absolute Gasteiger partial charge is 0.478 e. The van der Waals surface area contributed by atoms with E-state index in [0.29, 0.717) is 28.4 Å². The number of para-hydroxylation sites is 1. The first kappa shape index (κ1) is 22.9. The Morgan fingerprint density at radius 1 is 1.06 bits per heavy atom. The summed E-state index contributed by atoms with van der Waals surface area (Å²) in [5.74, 6) is -0.628. The van der Waals surface area contributed by atoms with Crippen LogP contribution in [0.5, 0.6) is 0 Å². The zero-order chi connectivity index (χ0) is 24.7. The van der Waals surface area contributed by atoms with Crippen LogP contribution in [0.3, 0.4) is 0 Å². The van der Waals surface area contributed by atoms with Crippen LogP contribution in [-0.2, 0) is 0 Å². The molecule has 7 heteroatoms. The SMILES string of the molecule is Cc1cc(C(C)Nc2ccccc2C(=O)O)c2cc(-c3cccc(C4CC4)n3)c(C(F)F)nc2c1. The number of anilines is 1. The minimum absolute atomic E-state index is 0.163. The lowest BCUT2D eigenvalue weighted by Gasteiger charge is -2.21. The van der Waals surface area contributed by atoms with Crippen LogP contribution in [0.15, 0.2) is 60.7 Å². The van der Waals surface area contributed by atoms with Crippen LogP contribution < -0.4 is 5.32 Å². The van der Waals surface area contributed by atoms with Crippen molar-refractivity contribution in [2.75, 3.05) is 5.32 Å². The molecule has 1 saturated carbocycles. The van der Waals surface area contributed by atoms with Crippen molar-refractivity contribution in [3.63, 3.8) is 0 Å². The average molecular weight is 474 g/mol. The monoisotopic (exact) mass is 473 g/mol. The van der Waals surface area contributed by atoms with Gasteiger partial charge in [-0.25, -0.2) is 18.6 Å². The molecule has 1 aliphatic rings. The van der Waals surface area contributed by atoms with Crippen molar-refractivity contribution in [2.24, 2.45) is 0 Å². The van der Waals surface area contributed by atoms with E-state index >= 15 is 0 Å². The topological polar surface area (TPSA) is 75.1 Å². The van der Waals surface area contributed by atoms with Crippen molar-refractivity contribution in [1.29, 1.82) is 0 Å². The van der Waals surface area contributed by atoms with Gasteiger partial charge in [0.15, 0.2) is 0 Å². The number of carboxylic acids is 1. The normalized spacial score (nSPS) is 14.3. The van der Waals surface area contributed by atoms with Crippen molar-refractivity contribution in [2.45, 2.75) is 45.1 Å². The number of benzene rings is 2. The maximum atomic E-state index is 14.1. The molecule has 4 aromatic rings. The number of aromatic carboxylic acids is 1. The lowest BCUT2D eigenvalue weighted by atomic mass is 9.96. The highest BCUT2D eigenvalue weighted by Gasteiger charge is 2.26. The summed E-state index contributed by atoms with van der Waals surface area (Å²) in [7, 11) is 0. The van der Waals surface area contributed by atoms with Crippen LogP contribution in [0.1, 0.15) is 71.0 Å². The Balaban J connectivity index is 1.64. The van der Waals surface area contributed by atoms with Gasteiger partial charge in [0.1, 0.15) is 5.69 Å². The summed E-state index contributed by atoms with van der Waals surface area (Å²) >= 11 is 0. The molecule has 2 N–H and O–H groups in total. The van der Waals surface area contributed by atoms with Crippen LogP contribution in [-0.4, -0.2) is 21.0 Å². The number of carbonyl (C=O) groups is 1. The van der Waals surface area contributed by atoms with E-state index in [9.17, 15) is 18.7 Å². The molecule has 5 nitrogen and oxygen atoms in total. The third kappa shape index (κ3) is 4.58. The summed E-state index contributed by atoms with van der Waals surface area (Å²) in [6, 6.07) is 17.5. The molecule has 2 heterocycles. The highest BCUT2D eigenvalue weighted by atomic mass is 19.3. The highest BCUT2D eigenvalue weighted by molar-refractivity contribution is 5.94. The van der Waals surface area contributed by atoms with E-state index in [4.69, 9.17) is 4.98 Å². The molecule has 1 aliphatic carbocycles. The molecule has 1 unspecified atom stereocenters. The third-order valence-corrected chi connectivity index (χ3v) is 6.38. The van der Waals surface area contributed by atoms with Crippen molar-refractivity contribution in [3.8, 4) is 11.3 Å². The van der Waals surface area contributed by atoms with Crippen LogP contribution in [0.25, 0.3) is 22.2 Å². The molecule has 35 heavy (non-hydrogen) atoms. The predicted octanol–water partition coefficient (Wildman–Crippen LogP) is 7.29. The number of alkyl halides is 2. The second-order valence-electron chi connectivity index (χ2n) is 9.08. The predicted molar refractivity (Wildman–Crippen MR) is 132 cm³/mol. The van der Waals surface area contributed by atoms with Gasteiger partial charge in [-0.3, -0.25) is 4.98 Å². The summed E-state index contributed by atoms with van der Waals surface area (Å²) < 4.78 is 28.2. The van der Waals surface area contributed by atoms with Crippen LogP contribution in [0, 0.1) is 6.92 Å². The number of fused-ring (bicyclic) bond motifs is 1. The fourth-order valence-electron chi connectivity index (χ4n) is 4.51. The van der Waals surface area contributed by atoms with E-state index in [1.54, 1.807) is 42.5 Å². The van der Waals surface area contributed by atoms with Crippen LogP contribution in [0.2, 0.25) is 0 Å². The van der Waals surface area contributed by atoms with Crippen molar-refractivity contribution in [3.05, 3.63) is 88.7 Å². The molecule has 0 bridgehead atoms. The number of halogens is 2. The first-order valence-corrected chi connectivity index (χ1v) is 11.6. The number of nitrogens with zero attached hydrogens (tertiary/aromatic N) is 2. The van der Waals surface area contributed by atoms with Gasteiger partial charge in [-0.05, 0) is 74.2 Å². The summed E-state index contributed by atoms with van der Waals surface area (Å²) in [5.41, 5.74) is 4.28. The number of aromatic nitrogens is 2. The third-order valence-electron chi connectivity index (χ3n) is 6.38. The molecule has 1 fully saturated rings. The average Bonchev–Trinajstić information content (AvgIpc) is 3.68. The molecule has 2 aromatic heterocycles. The van der Waals surface area contributed by atoms with E-state index in [1.165, 1.54) is 0 Å². The number of hydrogen-bond donors (Lipinski definition) is 2. The summed E-state index contributed by atoms with van der Waals surface area (Å²) in [6.45, 7) is 3.80. The van der Waals surface area contributed by atoms with Gasteiger partial charge in [-0.1, -0.05) is 24.3 Å². The number of carboxylic acid groups (broad SMARTS) is 1. The van der Waals surface area contributed by atoms with Gasteiger partial charge < -0.3 is 10.4 Å². The Bertz CT molecular complexity index is 1430. The number of nitrogens with one attached hydrogen (secondary N) is 1. The van der Waals surface area contributed by atoms with Gasteiger partial charge in [0, 0.05) is 34.3 Å². The lowest BCUT2D eigenvalue weighted by molar-refractivity contribution is 0.0698. The smallest absolute Gasteiger partial charge is 0.337 e. The Hall–Kier alpha value is -3.87. The Kier molecular flexibility index (Phi) is 5.93. The minimum atomic E-state index is -2.75. The Morgan fingerprint density at radius 2 is 1.83 bits per heavy atom.